The Bertz CT molecular complexity index is 485. The molecule has 0 spiro atoms. The maximum atomic E-state index is 13.3. The summed E-state index contributed by atoms with van der Waals surface area (Å²) in [5, 5.41) is 0. The molecule has 0 aromatic rings. The molecule has 0 radical (unpaired) electrons. The maximum absolute atomic E-state index is 13.3. The molecule has 0 N–H and O–H groups in total. The Morgan fingerprint density at radius 2 is 1.54 bits per heavy atom. The van der Waals surface area contributed by atoms with Gasteiger partial charge in [-0.1, -0.05) is 6.92 Å². The molecule has 0 amide bonds. The van der Waals surface area contributed by atoms with Crippen LogP contribution in [0.3, 0.4) is 0 Å². The Morgan fingerprint density at radius 3 is 1.88 bits per heavy atom. The van der Waals surface area contributed by atoms with E-state index in [4.69, 9.17) is 0 Å². The van der Waals surface area contributed by atoms with Gasteiger partial charge in [0, 0.05) is 12.7 Å². The number of ether oxygens (including phenoxy) is 2. The monoisotopic (exact) mass is 392 g/mol. The molecule has 4 nitrogen and oxygen atoms in total. The molecule has 0 aliphatic rings. The van der Waals surface area contributed by atoms with Crippen LogP contribution in [0, 0.1) is 0 Å². The summed E-state index contributed by atoms with van der Waals surface area (Å²) in [6.45, 7) is 0.451. The first-order chi connectivity index (χ1) is 10.5. The van der Waals surface area contributed by atoms with Crippen LogP contribution >= 0.6 is 0 Å². The summed E-state index contributed by atoms with van der Waals surface area (Å²) >= 11 is 0. The van der Waals surface area contributed by atoms with Gasteiger partial charge in [-0.15, -0.1) is 0 Å². The second-order valence-corrected chi connectivity index (χ2v) is 7.63. The zero-order valence-electron chi connectivity index (χ0n) is 13.2. The van der Waals surface area contributed by atoms with Crippen LogP contribution in [0.4, 0.5) is 30.7 Å². The van der Waals surface area contributed by atoms with E-state index in [1.165, 1.54) is 6.92 Å². The molecule has 0 heterocycles. The summed E-state index contributed by atoms with van der Waals surface area (Å²) in [6.07, 6.45) is -14.9. The van der Waals surface area contributed by atoms with Crippen molar-refractivity contribution in [2.45, 2.75) is 57.1 Å². The molecule has 0 aliphatic heterocycles. The molecule has 2 unspecified atom stereocenters. The number of alkyl halides is 7. The van der Waals surface area contributed by atoms with E-state index in [0.29, 0.717) is 13.2 Å². The molecule has 0 saturated heterocycles. The van der Waals surface area contributed by atoms with Crippen molar-refractivity contribution in [2.24, 2.45) is 0 Å². The third kappa shape index (κ3) is 11.0. The zero-order chi connectivity index (χ0) is 19.4. The molecular weight excluding hydrogens is 373 g/mol. The van der Waals surface area contributed by atoms with Gasteiger partial charge in [0.15, 0.2) is 15.9 Å². The number of sulfone groups is 1. The average molecular weight is 392 g/mol. The predicted molar refractivity (Wildman–Crippen MR) is 70.9 cm³/mol. The number of hydrogen-bond donors (Lipinski definition) is 0. The first kappa shape index (κ1) is 23.4. The summed E-state index contributed by atoms with van der Waals surface area (Å²) in [7, 11) is -4.32. The number of rotatable bonds is 10. The van der Waals surface area contributed by atoms with Crippen molar-refractivity contribution < 1.29 is 48.6 Å². The molecule has 0 aromatic heterocycles. The highest BCUT2D eigenvalue weighted by atomic mass is 32.2. The van der Waals surface area contributed by atoms with Gasteiger partial charge in [0.1, 0.15) is 5.75 Å². The molecule has 0 rings (SSSR count). The maximum Gasteiger partial charge on any atom is 0.417 e. The quantitative estimate of drug-likeness (QED) is 0.535. The van der Waals surface area contributed by atoms with Crippen molar-refractivity contribution in [1.82, 2.24) is 0 Å². The lowest BCUT2D eigenvalue weighted by atomic mass is 10.1. The van der Waals surface area contributed by atoms with Crippen molar-refractivity contribution in [3.8, 4) is 0 Å². The Hall–Kier alpha value is -0.620. The van der Waals surface area contributed by atoms with Gasteiger partial charge in [-0.25, -0.2) is 17.2 Å². The smallest absolute Gasteiger partial charge is 0.375 e. The predicted octanol–water partition coefficient (Wildman–Crippen LogP) is 3.41. The lowest BCUT2D eigenvalue weighted by molar-refractivity contribution is -0.325. The number of halogens is 7. The largest absolute Gasteiger partial charge is 0.417 e. The Balaban J connectivity index is 4.98. The van der Waals surface area contributed by atoms with Gasteiger partial charge in [0.25, 0.3) is 0 Å². The number of hydrogen-bond acceptors (Lipinski definition) is 4. The van der Waals surface area contributed by atoms with Crippen LogP contribution < -0.4 is 0 Å². The minimum atomic E-state index is -5.30. The van der Waals surface area contributed by atoms with Crippen LogP contribution in [0.2, 0.25) is 0 Å². The van der Waals surface area contributed by atoms with Crippen molar-refractivity contribution in [2.75, 3.05) is 18.6 Å². The summed E-state index contributed by atoms with van der Waals surface area (Å²) < 4.78 is 120. The summed E-state index contributed by atoms with van der Waals surface area (Å²) in [5.41, 5.74) is 0. The topological polar surface area (TPSA) is 52.6 Å². The molecule has 146 valence electrons. The first-order valence-corrected chi connectivity index (χ1v) is 8.81. The van der Waals surface area contributed by atoms with Crippen molar-refractivity contribution in [1.29, 1.82) is 0 Å². The Kier molecular flexibility index (Phi) is 7.96. The Labute approximate surface area is 135 Å². The van der Waals surface area contributed by atoms with E-state index in [-0.39, 0.29) is 6.42 Å². The second kappa shape index (κ2) is 8.17. The zero-order valence-corrected chi connectivity index (χ0v) is 14.0. The molecular formula is C12H19F7O4S. The van der Waals surface area contributed by atoms with E-state index in [9.17, 15) is 39.2 Å². The van der Waals surface area contributed by atoms with E-state index >= 15 is 0 Å². The van der Waals surface area contributed by atoms with Gasteiger partial charge in [0.05, 0.1) is 12.7 Å². The van der Waals surface area contributed by atoms with Crippen LogP contribution in [0.25, 0.3) is 0 Å². The minimum absolute atomic E-state index is 0.0757. The second-order valence-electron chi connectivity index (χ2n) is 5.49. The van der Waals surface area contributed by atoms with E-state index in [2.05, 4.69) is 9.47 Å². The summed E-state index contributed by atoms with van der Waals surface area (Å²) in [5.74, 6) is -5.16. The van der Waals surface area contributed by atoms with Crippen molar-refractivity contribution in [3.63, 3.8) is 0 Å². The van der Waals surface area contributed by atoms with Crippen LogP contribution in [-0.2, 0) is 19.3 Å². The fraction of sp³-hybridized carbons (Fsp3) is 1.00. The van der Waals surface area contributed by atoms with E-state index in [1.54, 1.807) is 0 Å². The van der Waals surface area contributed by atoms with Crippen molar-refractivity contribution >= 4 is 9.84 Å². The van der Waals surface area contributed by atoms with Crippen LogP contribution in [-0.4, -0.2) is 57.4 Å². The summed E-state index contributed by atoms with van der Waals surface area (Å²) in [4.78, 5) is 0. The van der Waals surface area contributed by atoms with Crippen LogP contribution in [0.15, 0.2) is 0 Å². The molecule has 24 heavy (non-hydrogen) atoms. The lowest BCUT2D eigenvalue weighted by Crippen LogP contribution is -2.45. The van der Waals surface area contributed by atoms with Crippen molar-refractivity contribution in [3.05, 3.63) is 0 Å². The molecule has 2 atom stereocenters. The molecule has 0 aromatic carbocycles. The minimum Gasteiger partial charge on any atom is -0.375 e. The standard InChI is InChI=1S/C12H19F7O4S/c1-4-8(5-10(2,13)14)22-6-9(12(17,18)19)23-11(15,16)7-24(3,20)21/h8-9H,4-7H2,1-3H3. The summed E-state index contributed by atoms with van der Waals surface area (Å²) in [6, 6.07) is 0. The van der Waals surface area contributed by atoms with Gasteiger partial charge in [-0.05, 0) is 13.3 Å². The normalized spacial score (nSPS) is 16.9. The third-order valence-corrected chi connectivity index (χ3v) is 3.50. The lowest BCUT2D eigenvalue weighted by Gasteiger charge is -2.28. The van der Waals surface area contributed by atoms with Crippen LogP contribution in [0.1, 0.15) is 26.7 Å². The van der Waals surface area contributed by atoms with Gasteiger partial charge >= 0.3 is 12.3 Å². The molecule has 0 bridgehead atoms. The molecule has 0 aliphatic carbocycles. The highest BCUT2D eigenvalue weighted by Gasteiger charge is 2.49. The fourth-order valence-corrected chi connectivity index (χ4v) is 2.37. The van der Waals surface area contributed by atoms with E-state index in [1.807, 2.05) is 0 Å². The molecule has 12 heteroatoms. The van der Waals surface area contributed by atoms with Gasteiger partial charge in [-0.3, -0.25) is 0 Å². The average Bonchev–Trinajstić information content (AvgIpc) is 2.26. The van der Waals surface area contributed by atoms with Gasteiger partial charge in [-0.2, -0.15) is 22.0 Å². The van der Waals surface area contributed by atoms with E-state index < -0.39 is 59.0 Å². The molecule has 0 fully saturated rings. The Morgan fingerprint density at radius 1 is 1.04 bits per heavy atom. The fourth-order valence-electron chi connectivity index (χ4n) is 1.69. The van der Waals surface area contributed by atoms with Gasteiger partial charge < -0.3 is 9.47 Å². The highest BCUT2D eigenvalue weighted by Crippen LogP contribution is 2.31. The van der Waals surface area contributed by atoms with Crippen LogP contribution in [0.5, 0.6) is 0 Å². The first-order valence-electron chi connectivity index (χ1n) is 6.74. The SMILES string of the molecule is CCC(CC(C)(F)F)OCC(OC(F)(F)CS(C)(=O)=O)C(F)(F)F. The van der Waals surface area contributed by atoms with Gasteiger partial charge in [0.2, 0.25) is 5.92 Å². The third-order valence-electron chi connectivity index (χ3n) is 2.63. The van der Waals surface area contributed by atoms with E-state index in [0.717, 1.165) is 0 Å². The highest BCUT2D eigenvalue weighted by molar-refractivity contribution is 7.90. The molecule has 0 saturated carbocycles.